The van der Waals surface area contributed by atoms with Gasteiger partial charge in [-0.3, -0.25) is 10.2 Å². The van der Waals surface area contributed by atoms with Crippen LogP contribution in [0.25, 0.3) is 0 Å². The molecule has 40 heavy (non-hydrogen) atoms. The molecule has 1 aliphatic heterocycles. The molecule has 1 fully saturated rings. The van der Waals surface area contributed by atoms with E-state index in [4.69, 9.17) is 29.3 Å². The zero-order chi connectivity index (χ0) is 28.8. The molecule has 2 aliphatic rings. The second-order valence-electron chi connectivity index (χ2n) is 10.3. The van der Waals surface area contributed by atoms with Gasteiger partial charge in [0.25, 0.3) is 0 Å². The Hall–Kier alpha value is -4.01. The third-order valence-electron chi connectivity index (χ3n) is 7.83. The summed E-state index contributed by atoms with van der Waals surface area (Å²) in [5.41, 5.74) is 3.40. The lowest BCUT2D eigenvalue weighted by atomic mass is 9.94. The molecule has 4 rings (SSSR count). The van der Waals surface area contributed by atoms with Gasteiger partial charge in [0.1, 0.15) is 11.4 Å². The van der Waals surface area contributed by atoms with Crippen molar-refractivity contribution in [3.05, 3.63) is 53.2 Å². The van der Waals surface area contributed by atoms with E-state index in [1.807, 2.05) is 24.3 Å². The van der Waals surface area contributed by atoms with Crippen molar-refractivity contribution in [2.24, 2.45) is 16.8 Å². The minimum absolute atomic E-state index is 0.0792. The summed E-state index contributed by atoms with van der Waals surface area (Å²) in [5.74, 6) is 3.00. The highest BCUT2D eigenvalue weighted by molar-refractivity contribution is 6.08. The van der Waals surface area contributed by atoms with Crippen LogP contribution >= 0.6 is 0 Å². The Kier molecular flexibility index (Phi) is 9.34. The first-order valence-corrected chi connectivity index (χ1v) is 13.9. The van der Waals surface area contributed by atoms with Crippen LogP contribution in [0.4, 0.5) is 5.69 Å². The molecule has 0 radical (unpaired) electrons. The largest absolute Gasteiger partial charge is 0.493 e. The molecule has 1 saturated carbocycles. The highest BCUT2D eigenvalue weighted by atomic mass is 16.5. The number of hydrogen-bond acceptors (Lipinski definition) is 6. The molecule has 214 valence electrons. The molecule has 1 aliphatic carbocycles. The molecule has 2 aromatic rings. The summed E-state index contributed by atoms with van der Waals surface area (Å²) >= 11 is 0. The molecule has 9 heteroatoms. The van der Waals surface area contributed by atoms with Crippen LogP contribution in [0.1, 0.15) is 58.4 Å². The van der Waals surface area contributed by atoms with Crippen LogP contribution in [0.5, 0.6) is 23.0 Å². The van der Waals surface area contributed by atoms with Crippen molar-refractivity contribution >= 4 is 23.3 Å². The summed E-state index contributed by atoms with van der Waals surface area (Å²) < 4.78 is 22.8. The van der Waals surface area contributed by atoms with Gasteiger partial charge >= 0.3 is 11.7 Å². The monoisotopic (exact) mass is 549 g/mol. The van der Waals surface area contributed by atoms with Gasteiger partial charge in [-0.2, -0.15) is 0 Å². The molecule has 2 atom stereocenters. The number of aliphatic imine (C=N–C) groups is 1. The minimum atomic E-state index is 0.0792. The lowest BCUT2D eigenvalue weighted by molar-refractivity contribution is -0.119. The van der Waals surface area contributed by atoms with Gasteiger partial charge in [0, 0.05) is 40.7 Å². The van der Waals surface area contributed by atoms with Crippen molar-refractivity contribution in [1.29, 1.82) is 0 Å². The number of carbonyl (C=O) groups is 1. The summed E-state index contributed by atoms with van der Waals surface area (Å²) in [4.78, 5) is 17.3. The Morgan fingerprint density at radius 3 is 2.20 bits per heavy atom. The molecule has 4 N–H and O–H groups in total. The van der Waals surface area contributed by atoms with Crippen LogP contribution in [0, 0.1) is 11.8 Å². The summed E-state index contributed by atoms with van der Waals surface area (Å²) in [7, 11) is 4.67. The van der Waals surface area contributed by atoms with Crippen molar-refractivity contribution in [3.8, 4) is 23.0 Å². The van der Waals surface area contributed by atoms with Gasteiger partial charge in [-0.1, -0.05) is 19.8 Å². The summed E-state index contributed by atoms with van der Waals surface area (Å²) in [6.07, 6.45) is 5.12. The Labute approximate surface area is 236 Å². The Bertz CT molecular complexity index is 1270. The lowest BCUT2D eigenvalue weighted by Gasteiger charge is -2.15. The lowest BCUT2D eigenvalue weighted by Crippen LogP contribution is -2.40. The summed E-state index contributed by atoms with van der Waals surface area (Å²) in [6, 6.07) is 11.1. The van der Waals surface area contributed by atoms with Crippen LogP contribution in [-0.2, 0) is 4.79 Å². The molecule has 0 aromatic heterocycles. The second-order valence-corrected chi connectivity index (χ2v) is 10.3. The number of amides is 1. The molecule has 0 spiro atoms. The zero-order valence-electron chi connectivity index (χ0n) is 24.3. The quantitative estimate of drug-likeness (QED) is 0.320. The summed E-state index contributed by atoms with van der Waals surface area (Å²) in [6.45, 7) is 6.40. The smallest absolute Gasteiger partial charge is 0.357 e. The van der Waals surface area contributed by atoms with Crippen molar-refractivity contribution in [2.45, 2.75) is 58.9 Å². The van der Waals surface area contributed by atoms with Crippen LogP contribution in [-0.4, -0.2) is 45.0 Å². The molecule has 0 bridgehead atoms. The fraction of sp³-hybridized carbons (Fsp3) is 0.452. The van der Waals surface area contributed by atoms with E-state index in [0.717, 1.165) is 49.1 Å². The van der Waals surface area contributed by atoms with Gasteiger partial charge in [0.05, 0.1) is 26.9 Å². The van der Waals surface area contributed by atoms with E-state index >= 15 is 0 Å². The standard InChI is InChI=1S/C31H40N4O5/c1-7-24-18(2)27(33-19(24)3)31(40-23-16-25(37-4)28(39-6)26(17-23)38-5)35-29(32)20-12-14-22(15-13-20)34-30(36)21-10-8-9-11-21/h12-17,19,21,24,32-33H,7-11H2,1-6H3,(H,34,36)/p+1. The zero-order valence-corrected chi connectivity index (χ0v) is 24.3. The molecule has 2 aromatic carbocycles. The van der Waals surface area contributed by atoms with Gasteiger partial charge in [0.15, 0.2) is 11.5 Å². The number of nitrogens with two attached hydrogens (primary N) is 1. The molecule has 9 nitrogen and oxygen atoms in total. The average molecular weight is 550 g/mol. The van der Waals surface area contributed by atoms with Crippen LogP contribution in [0.15, 0.2) is 52.7 Å². The van der Waals surface area contributed by atoms with E-state index in [-0.39, 0.29) is 23.7 Å². The van der Waals surface area contributed by atoms with Crippen LogP contribution in [0.2, 0.25) is 0 Å². The maximum absolute atomic E-state index is 12.5. The maximum atomic E-state index is 12.5. The molecule has 1 amide bonds. The van der Waals surface area contributed by atoms with E-state index < -0.39 is 0 Å². The molecular weight excluding hydrogens is 508 g/mol. The molecule has 1 heterocycles. The maximum Gasteiger partial charge on any atom is 0.357 e. The topological polar surface area (TPSA) is 116 Å². The van der Waals surface area contributed by atoms with Gasteiger partial charge in [-0.25, -0.2) is 0 Å². The summed E-state index contributed by atoms with van der Waals surface area (Å²) in [5, 5.41) is 13.1. The minimum Gasteiger partial charge on any atom is -0.493 e. The predicted molar refractivity (Wildman–Crippen MR) is 156 cm³/mol. The number of amidine groups is 1. The average Bonchev–Trinajstić information content (AvgIpc) is 3.60. The van der Waals surface area contributed by atoms with E-state index in [2.05, 4.69) is 31.4 Å². The van der Waals surface area contributed by atoms with Gasteiger partial charge < -0.3 is 29.6 Å². The molecule has 2 unspecified atom stereocenters. The number of ether oxygens (including phenoxy) is 4. The van der Waals surface area contributed by atoms with Gasteiger partial charge in [-0.05, 0) is 62.9 Å². The van der Waals surface area contributed by atoms with E-state index in [9.17, 15) is 4.79 Å². The van der Waals surface area contributed by atoms with Gasteiger partial charge in [-0.15, -0.1) is 0 Å². The Morgan fingerprint density at radius 1 is 1.05 bits per heavy atom. The van der Waals surface area contributed by atoms with Crippen LogP contribution in [0.3, 0.4) is 0 Å². The van der Waals surface area contributed by atoms with E-state index in [1.165, 1.54) is 0 Å². The number of benzene rings is 2. The third kappa shape index (κ3) is 6.24. The number of nitrogens with zero attached hydrogens (tertiary/aromatic N) is 1. The first-order chi connectivity index (χ1) is 19.3. The normalized spacial score (nSPS) is 19.3. The predicted octanol–water partition coefficient (Wildman–Crippen LogP) is 4.12. The second kappa shape index (κ2) is 12.9. The highest BCUT2D eigenvalue weighted by Gasteiger charge is 2.34. The number of nitrogens with one attached hydrogen (secondary N) is 2. The molecule has 0 saturated heterocycles. The van der Waals surface area contributed by atoms with Crippen molar-refractivity contribution in [3.63, 3.8) is 0 Å². The fourth-order valence-corrected chi connectivity index (χ4v) is 5.58. The highest BCUT2D eigenvalue weighted by Crippen LogP contribution is 2.41. The number of anilines is 1. The van der Waals surface area contributed by atoms with Crippen LogP contribution < -0.4 is 35.0 Å². The molecular formula is C31H41N4O5+. The van der Waals surface area contributed by atoms with Crippen molar-refractivity contribution < 1.29 is 29.2 Å². The number of hydrogen-bond donors (Lipinski definition) is 3. The SMILES string of the molecule is CCC1C(C)=C(C(=NC(=[NH2+])c2ccc(NC(=O)C3CCCC3)cc2)Oc2cc(OC)c(OC)c(OC)c2)NC1C. The van der Waals surface area contributed by atoms with E-state index in [0.29, 0.717) is 40.4 Å². The van der Waals surface area contributed by atoms with Gasteiger partial charge in [0.2, 0.25) is 11.7 Å². The Balaban J connectivity index is 1.64. The fourth-order valence-electron chi connectivity index (χ4n) is 5.58. The number of carbonyl (C=O) groups excluding carboxylic acids is 1. The number of rotatable bonds is 9. The van der Waals surface area contributed by atoms with Crippen molar-refractivity contribution in [2.75, 3.05) is 26.6 Å². The first-order valence-electron chi connectivity index (χ1n) is 13.9. The third-order valence-corrected chi connectivity index (χ3v) is 7.83. The first kappa shape index (κ1) is 29.0. The van der Waals surface area contributed by atoms with Crippen molar-refractivity contribution in [1.82, 2.24) is 5.32 Å². The van der Waals surface area contributed by atoms with E-state index in [1.54, 1.807) is 33.5 Å². The number of methoxy groups -OCH3 is 3. The Morgan fingerprint density at radius 2 is 1.68 bits per heavy atom.